The number of likely N-dealkylation sites (tertiary alicyclic amines) is 1. The van der Waals surface area contributed by atoms with E-state index in [0.29, 0.717) is 18.5 Å². The predicted molar refractivity (Wildman–Crippen MR) is 84.7 cm³/mol. The summed E-state index contributed by atoms with van der Waals surface area (Å²) in [5, 5.41) is 6.32. The quantitative estimate of drug-likeness (QED) is 0.699. The maximum absolute atomic E-state index is 11.6. The zero-order chi connectivity index (χ0) is 15.0. The minimum atomic E-state index is 0.116. The van der Waals surface area contributed by atoms with E-state index in [4.69, 9.17) is 0 Å². The third-order valence-corrected chi connectivity index (χ3v) is 3.60. The highest BCUT2D eigenvalue weighted by Gasteiger charge is 2.18. The van der Waals surface area contributed by atoms with Gasteiger partial charge in [0.25, 0.3) is 0 Å². The van der Waals surface area contributed by atoms with E-state index in [1.165, 1.54) is 5.57 Å². The van der Waals surface area contributed by atoms with Gasteiger partial charge in [-0.2, -0.15) is 0 Å². The Labute approximate surface area is 124 Å². The molecule has 0 bridgehead atoms. The first kappa shape index (κ1) is 17.2. The third-order valence-electron chi connectivity index (χ3n) is 3.60. The van der Waals surface area contributed by atoms with Gasteiger partial charge < -0.3 is 10.6 Å². The number of piperidine rings is 1. The molecular weight excluding hydrogens is 250 g/mol. The highest BCUT2D eigenvalue weighted by molar-refractivity contribution is 5.77. The molecule has 0 saturated carbocycles. The Hall–Kier alpha value is -0.870. The Morgan fingerprint density at radius 2 is 1.95 bits per heavy atom. The molecule has 0 aromatic rings. The van der Waals surface area contributed by atoms with Crippen molar-refractivity contribution in [2.75, 3.05) is 32.7 Å². The maximum atomic E-state index is 11.6. The van der Waals surface area contributed by atoms with Gasteiger partial charge in [0.05, 0.1) is 6.54 Å². The lowest BCUT2D eigenvalue weighted by molar-refractivity contribution is -0.120. The number of nitrogens with one attached hydrogen (secondary N) is 2. The Morgan fingerprint density at radius 3 is 2.50 bits per heavy atom. The average Bonchev–Trinajstić information content (AvgIpc) is 2.41. The maximum Gasteiger partial charge on any atom is 0.233 e. The van der Waals surface area contributed by atoms with Crippen molar-refractivity contribution < 1.29 is 4.79 Å². The molecule has 2 N–H and O–H groups in total. The number of hydrogen-bond donors (Lipinski definition) is 2. The molecule has 20 heavy (non-hydrogen) atoms. The molecule has 1 aliphatic heterocycles. The molecule has 1 aliphatic rings. The molecule has 4 nitrogen and oxygen atoms in total. The normalized spacial score (nSPS) is 17.2. The minimum Gasteiger partial charge on any atom is -0.355 e. The van der Waals surface area contributed by atoms with Crippen molar-refractivity contribution in [3.63, 3.8) is 0 Å². The molecule has 1 rings (SSSR count). The molecule has 0 spiro atoms. The van der Waals surface area contributed by atoms with Gasteiger partial charge in [0.1, 0.15) is 0 Å². The Kier molecular flexibility index (Phi) is 7.85. The number of carbonyl (C=O) groups excluding carboxylic acids is 1. The molecule has 1 amide bonds. The molecule has 1 saturated heterocycles. The van der Waals surface area contributed by atoms with Gasteiger partial charge in [-0.15, -0.1) is 0 Å². The fourth-order valence-electron chi connectivity index (χ4n) is 2.25. The van der Waals surface area contributed by atoms with E-state index in [0.717, 1.165) is 39.0 Å². The third kappa shape index (κ3) is 7.65. The summed E-state index contributed by atoms with van der Waals surface area (Å²) < 4.78 is 0. The molecular formula is C16H31N3O. The molecule has 0 unspecified atom stereocenters. The van der Waals surface area contributed by atoms with Gasteiger partial charge in [0.15, 0.2) is 0 Å². The highest BCUT2D eigenvalue weighted by atomic mass is 16.1. The number of rotatable bonds is 7. The Bertz CT molecular complexity index is 314. The van der Waals surface area contributed by atoms with Crippen LogP contribution in [0.5, 0.6) is 0 Å². The van der Waals surface area contributed by atoms with Crippen molar-refractivity contribution in [2.24, 2.45) is 5.92 Å². The van der Waals surface area contributed by atoms with Gasteiger partial charge in [0.2, 0.25) is 5.91 Å². The Morgan fingerprint density at radius 1 is 1.30 bits per heavy atom. The van der Waals surface area contributed by atoms with Gasteiger partial charge in [0, 0.05) is 19.1 Å². The van der Waals surface area contributed by atoms with E-state index < -0.39 is 0 Å². The SMILES string of the molecule is CC(C)=CCN1CCC(NCC(=O)NCC(C)C)CC1. The van der Waals surface area contributed by atoms with Crippen LogP contribution in [0.2, 0.25) is 0 Å². The van der Waals surface area contributed by atoms with Crippen LogP contribution in [-0.2, 0) is 4.79 Å². The molecule has 1 fully saturated rings. The van der Waals surface area contributed by atoms with E-state index in [2.05, 4.69) is 49.3 Å². The zero-order valence-corrected chi connectivity index (χ0v) is 13.5. The van der Waals surface area contributed by atoms with Gasteiger partial charge >= 0.3 is 0 Å². The summed E-state index contributed by atoms with van der Waals surface area (Å²) in [5.74, 6) is 0.628. The largest absolute Gasteiger partial charge is 0.355 e. The minimum absolute atomic E-state index is 0.116. The zero-order valence-electron chi connectivity index (χ0n) is 13.5. The smallest absolute Gasteiger partial charge is 0.233 e. The van der Waals surface area contributed by atoms with Crippen molar-refractivity contribution >= 4 is 5.91 Å². The van der Waals surface area contributed by atoms with E-state index in [9.17, 15) is 4.79 Å². The first-order chi connectivity index (χ1) is 9.47. The highest BCUT2D eigenvalue weighted by Crippen LogP contribution is 2.10. The lowest BCUT2D eigenvalue weighted by Gasteiger charge is -2.31. The first-order valence-electron chi connectivity index (χ1n) is 7.83. The number of nitrogens with zero attached hydrogens (tertiary/aromatic N) is 1. The Balaban J connectivity index is 2.13. The van der Waals surface area contributed by atoms with Crippen LogP contribution in [0.15, 0.2) is 11.6 Å². The van der Waals surface area contributed by atoms with Crippen molar-refractivity contribution in [3.8, 4) is 0 Å². The molecule has 0 aliphatic carbocycles. The van der Waals surface area contributed by atoms with Crippen LogP contribution in [0.3, 0.4) is 0 Å². The van der Waals surface area contributed by atoms with Crippen LogP contribution in [0.25, 0.3) is 0 Å². The van der Waals surface area contributed by atoms with Crippen LogP contribution in [0, 0.1) is 5.92 Å². The van der Waals surface area contributed by atoms with E-state index >= 15 is 0 Å². The summed E-state index contributed by atoms with van der Waals surface area (Å²) in [4.78, 5) is 14.1. The summed E-state index contributed by atoms with van der Waals surface area (Å²) in [6.45, 7) is 13.0. The average molecular weight is 281 g/mol. The number of carbonyl (C=O) groups is 1. The van der Waals surface area contributed by atoms with Crippen LogP contribution in [0.4, 0.5) is 0 Å². The van der Waals surface area contributed by atoms with Crippen LogP contribution in [-0.4, -0.2) is 49.6 Å². The lowest BCUT2D eigenvalue weighted by Crippen LogP contribution is -2.46. The second-order valence-corrected chi connectivity index (χ2v) is 6.44. The van der Waals surface area contributed by atoms with Crippen molar-refractivity contribution in [3.05, 3.63) is 11.6 Å². The van der Waals surface area contributed by atoms with E-state index in [1.807, 2.05) is 0 Å². The second kappa shape index (κ2) is 9.14. The molecule has 0 aromatic heterocycles. The number of amides is 1. The first-order valence-corrected chi connectivity index (χ1v) is 7.83. The number of hydrogen-bond acceptors (Lipinski definition) is 3. The van der Waals surface area contributed by atoms with Gasteiger partial charge in [-0.1, -0.05) is 25.5 Å². The van der Waals surface area contributed by atoms with E-state index in [1.54, 1.807) is 0 Å². The van der Waals surface area contributed by atoms with Crippen LogP contribution >= 0.6 is 0 Å². The van der Waals surface area contributed by atoms with Gasteiger partial charge in [-0.05, 0) is 45.7 Å². The molecule has 1 heterocycles. The monoisotopic (exact) mass is 281 g/mol. The van der Waals surface area contributed by atoms with E-state index in [-0.39, 0.29) is 5.91 Å². The lowest BCUT2D eigenvalue weighted by atomic mass is 10.0. The topological polar surface area (TPSA) is 44.4 Å². The van der Waals surface area contributed by atoms with Crippen LogP contribution in [0.1, 0.15) is 40.5 Å². The van der Waals surface area contributed by atoms with Gasteiger partial charge in [-0.25, -0.2) is 0 Å². The summed E-state index contributed by atoms with van der Waals surface area (Å²) in [6.07, 6.45) is 4.55. The summed E-state index contributed by atoms with van der Waals surface area (Å²) >= 11 is 0. The standard InChI is InChI=1S/C16H31N3O/c1-13(2)5-8-19-9-6-15(7-10-19)17-12-16(20)18-11-14(3)4/h5,14-15,17H,6-12H2,1-4H3,(H,18,20). The second-order valence-electron chi connectivity index (χ2n) is 6.44. The van der Waals surface area contributed by atoms with Crippen molar-refractivity contribution in [1.29, 1.82) is 0 Å². The summed E-state index contributed by atoms with van der Waals surface area (Å²) in [5.41, 5.74) is 1.38. The summed E-state index contributed by atoms with van der Waals surface area (Å²) in [7, 11) is 0. The fraction of sp³-hybridized carbons (Fsp3) is 0.812. The predicted octanol–water partition coefficient (Wildman–Crippen LogP) is 1.78. The van der Waals surface area contributed by atoms with Crippen LogP contribution < -0.4 is 10.6 Å². The molecule has 4 heteroatoms. The molecule has 0 aromatic carbocycles. The van der Waals surface area contributed by atoms with Crippen molar-refractivity contribution in [2.45, 2.75) is 46.6 Å². The fourth-order valence-corrected chi connectivity index (χ4v) is 2.25. The summed E-state index contributed by atoms with van der Waals surface area (Å²) in [6, 6.07) is 0.489. The molecule has 0 radical (unpaired) electrons. The van der Waals surface area contributed by atoms with Gasteiger partial charge in [-0.3, -0.25) is 9.69 Å². The molecule has 116 valence electrons. The van der Waals surface area contributed by atoms with Crippen molar-refractivity contribution in [1.82, 2.24) is 15.5 Å². The molecule has 0 atom stereocenters. The number of allylic oxidation sites excluding steroid dienone is 1.